The van der Waals surface area contributed by atoms with E-state index in [1.54, 1.807) is 0 Å². The molecule has 3 nitrogen and oxygen atoms in total. The summed E-state index contributed by atoms with van der Waals surface area (Å²) in [6, 6.07) is 7.98. The fourth-order valence-corrected chi connectivity index (χ4v) is 3.29. The molecule has 1 heterocycles. The summed E-state index contributed by atoms with van der Waals surface area (Å²) < 4.78 is 0. The maximum absolute atomic E-state index is 12.6. The molecule has 1 aliphatic carbocycles. The van der Waals surface area contributed by atoms with E-state index in [2.05, 4.69) is 4.98 Å². The van der Waals surface area contributed by atoms with Crippen LogP contribution in [0.15, 0.2) is 30.5 Å². The highest BCUT2D eigenvalue weighted by Gasteiger charge is 2.20. The van der Waals surface area contributed by atoms with Crippen molar-refractivity contribution in [3.05, 3.63) is 36.0 Å². The van der Waals surface area contributed by atoms with Crippen LogP contribution in [0.5, 0.6) is 0 Å². The number of nitrogens with zero attached hydrogens (tertiary/aromatic N) is 1. The van der Waals surface area contributed by atoms with Crippen LogP contribution in [0.1, 0.15) is 42.5 Å². The van der Waals surface area contributed by atoms with E-state index in [1.165, 1.54) is 32.1 Å². The van der Waals surface area contributed by atoms with Gasteiger partial charge in [0, 0.05) is 30.7 Å². The molecular weight excluding hydrogens is 248 g/mol. The summed E-state index contributed by atoms with van der Waals surface area (Å²) in [5, 5.41) is 1.02. The largest absolute Gasteiger partial charge is 0.360 e. The number of carbonyl (C=O) groups excluding carboxylic acids is 1. The van der Waals surface area contributed by atoms with Crippen molar-refractivity contribution >= 4 is 16.8 Å². The Kier molecular flexibility index (Phi) is 3.77. The highest BCUT2D eigenvalue weighted by atomic mass is 16.2. The molecule has 0 atom stereocenters. The predicted molar refractivity (Wildman–Crippen MR) is 81.8 cm³/mol. The first-order chi connectivity index (χ1) is 9.75. The van der Waals surface area contributed by atoms with Gasteiger partial charge >= 0.3 is 0 Å². The molecule has 1 fully saturated rings. The summed E-state index contributed by atoms with van der Waals surface area (Å²) in [4.78, 5) is 17.7. The van der Waals surface area contributed by atoms with Crippen LogP contribution in [-0.4, -0.2) is 29.4 Å². The Balaban J connectivity index is 1.74. The monoisotopic (exact) mass is 270 g/mol. The number of amides is 1. The number of benzene rings is 1. The van der Waals surface area contributed by atoms with Gasteiger partial charge < -0.3 is 9.88 Å². The van der Waals surface area contributed by atoms with Gasteiger partial charge in [-0.25, -0.2) is 0 Å². The summed E-state index contributed by atoms with van der Waals surface area (Å²) >= 11 is 0. The minimum absolute atomic E-state index is 0.132. The zero-order chi connectivity index (χ0) is 13.9. The first-order valence-corrected chi connectivity index (χ1v) is 7.57. The Morgan fingerprint density at radius 3 is 2.80 bits per heavy atom. The van der Waals surface area contributed by atoms with E-state index in [0.717, 1.165) is 23.0 Å². The van der Waals surface area contributed by atoms with Gasteiger partial charge in [-0.15, -0.1) is 0 Å². The Morgan fingerprint density at radius 2 is 2.00 bits per heavy atom. The molecule has 2 aromatic rings. The van der Waals surface area contributed by atoms with Crippen LogP contribution in [0.4, 0.5) is 0 Å². The number of para-hydroxylation sites is 1. The lowest BCUT2D eigenvalue weighted by molar-refractivity contribution is 0.0762. The number of hydrogen-bond donors (Lipinski definition) is 1. The van der Waals surface area contributed by atoms with Gasteiger partial charge in [0.2, 0.25) is 0 Å². The van der Waals surface area contributed by atoms with Gasteiger partial charge in [-0.3, -0.25) is 4.79 Å². The minimum Gasteiger partial charge on any atom is -0.360 e. The molecule has 20 heavy (non-hydrogen) atoms. The number of hydrogen-bond acceptors (Lipinski definition) is 1. The number of aromatic nitrogens is 1. The van der Waals surface area contributed by atoms with E-state index in [-0.39, 0.29) is 5.91 Å². The maximum atomic E-state index is 12.6. The first-order valence-electron chi connectivity index (χ1n) is 7.57. The second-order valence-electron chi connectivity index (χ2n) is 5.94. The van der Waals surface area contributed by atoms with Crippen LogP contribution in [-0.2, 0) is 0 Å². The fourth-order valence-electron chi connectivity index (χ4n) is 3.29. The van der Waals surface area contributed by atoms with Crippen molar-refractivity contribution in [3.8, 4) is 0 Å². The van der Waals surface area contributed by atoms with Crippen LogP contribution in [0.2, 0.25) is 0 Å². The zero-order valence-electron chi connectivity index (χ0n) is 12.1. The van der Waals surface area contributed by atoms with E-state index in [1.807, 2.05) is 42.4 Å². The molecule has 1 aromatic heterocycles. The topological polar surface area (TPSA) is 36.1 Å². The number of carbonyl (C=O) groups is 1. The third kappa shape index (κ3) is 2.58. The molecule has 3 heteroatoms. The minimum atomic E-state index is 0.132. The highest BCUT2D eigenvalue weighted by Crippen LogP contribution is 2.25. The highest BCUT2D eigenvalue weighted by molar-refractivity contribution is 6.06. The molecule has 0 spiro atoms. The van der Waals surface area contributed by atoms with Crippen molar-refractivity contribution in [3.63, 3.8) is 0 Å². The molecule has 1 N–H and O–H groups in total. The van der Waals surface area contributed by atoms with Gasteiger partial charge in [0.25, 0.3) is 5.91 Å². The third-order valence-corrected chi connectivity index (χ3v) is 4.42. The van der Waals surface area contributed by atoms with Crippen molar-refractivity contribution in [2.75, 3.05) is 13.6 Å². The van der Waals surface area contributed by atoms with Crippen LogP contribution in [0, 0.1) is 5.92 Å². The van der Waals surface area contributed by atoms with E-state index >= 15 is 0 Å². The van der Waals surface area contributed by atoms with E-state index in [9.17, 15) is 4.79 Å². The molecule has 1 amide bonds. The molecule has 0 saturated heterocycles. The lowest BCUT2D eigenvalue weighted by atomic mass is 9.89. The Hall–Kier alpha value is -1.77. The molecule has 0 radical (unpaired) electrons. The second-order valence-corrected chi connectivity index (χ2v) is 5.94. The van der Waals surface area contributed by atoms with Crippen LogP contribution < -0.4 is 0 Å². The van der Waals surface area contributed by atoms with Crippen molar-refractivity contribution in [2.24, 2.45) is 5.92 Å². The molecule has 106 valence electrons. The summed E-state index contributed by atoms with van der Waals surface area (Å²) in [5.74, 6) is 0.816. The normalized spacial score (nSPS) is 16.4. The molecule has 1 aliphatic rings. The average Bonchev–Trinajstić information content (AvgIpc) is 2.91. The summed E-state index contributed by atoms with van der Waals surface area (Å²) in [6.07, 6.45) is 8.37. The van der Waals surface area contributed by atoms with E-state index < -0.39 is 0 Å². The van der Waals surface area contributed by atoms with E-state index in [4.69, 9.17) is 0 Å². The van der Waals surface area contributed by atoms with Crippen LogP contribution >= 0.6 is 0 Å². The standard InChI is InChI=1S/C17H22N2O/c1-19(12-13-7-3-2-4-8-13)17(20)15-11-18-16-10-6-5-9-14(15)16/h5-6,9-11,13,18H,2-4,7-8,12H2,1H3. The summed E-state index contributed by atoms with van der Waals surface area (Å²) in [5.41, 5.74) is 1.82. The van der Waals surface area contributed by atoms with Gasteiger partial charge in [0.1, 0.15) is 0 Å². The Bertz CT molecular complexity index is 596. The van der Waals surface area contributed by atoms with Crippen molar-refractivity contribution in [1.29, 1.82) is 0 Å². The molecule has 0 bridgehead atoms. The Morgan fingerprint density at radius 1 is 1.25 bits per heavy atom. The van der Waals surface area contributed by atoms with Crippen LogP contribution in [0.25, 0.3) is 10.9 Å². The average molecular weight is 270 g/mol. The lowest BCUT2D eigenvalue weighted by Gasteiger charge is -2.27. The number of H-pyrrole nitrogens is 1. The lowest BCUT2D eigenvalue weighted by Crippen LogP contribution is -2.32. The van der Waals surface area contributed by atoms with Crippen LogP contribution in [0.3, 0.4) is 0 Å². The molecular formula is C17H22N2O. The number of rotatable bonds is 3. The van der Waals surface area contributed by atoms with Crippen molar-refractivity contribution in [2.45, 2.75) is 32.1 Å². The van der Waals surface area contributed by atoms with E-state index in [0.29, 0.717) is 5.92 Å². The van der Waals surface area contributed by atoms with Gasteiger partial charge in [0.15, 0.2) is 0 Å². The van der Waals surface area contributed by atoms with Gasteiger partial charge in [-0.1, -0.05) is 37.5 Å². The predicted octanol–water partition coefficient (Wildman–Crippen LogP) is 3.82. The SMILES string of the molecule is CN(CC1CCCCC1)C(=O)c1c[nH]c2ccccc12. The maximum Gasteiger partial charge on any atom is 0.255 e. The van der Waals surface area contributed by atoms with Gasteiger partial charge in [-0.2, -0.15) is 0 Å². The number of fused-ring (bicyclic) bond motifs is 1. The quantitative estimate of drug-likeness (QED) is 0.904. The molecule has 1 aromatic carbocycles. The second kappa shape index (κ2) is 5.70. The third-order valence-electron chi connectivity index (χ3n) is 4.42. The number of aromatic amines is 1. The molecule has 0 aliphatic heterocycles. The first kappa shape index (κ1) is 13.2. The smallest absolute Gasteiger partial charge is 0.255 e. The summed E-state index contributed by atoms with van der Waals surface area (Å²) in [7, 11) is 1.93. The van der Waals surface area contributed by atoms with Crippen molar-refractivity contribution < 1.29 is 4.79 Å². The summed E-state index contributed by atoms with van der Waals surface area (Å²) in [6.45, 7) is 0.887. The zero-order valence-corrected chi connectivity index (χ0v) is 12.1. The molecule has 0 unspecified atom stereocenters. The van der Waals surface area contributed by atoms with Gasteiger partial charge in [0.05, 0.1) is 5.56 Å². The van der Waals surface area contributed by atoms with Gasteiger partial charge in [-0.05, 0) is 24.8 Å². The van der Waals surface area contributed by atoms with Crippen molar-refractivity contribution in [1.82, 2.24) is 9.88 Å². The molecule has 3 rings (SSSR count). The number of nitrogens with one attached hydrogen (secondary N) is 1. The molecule has 1 saturated carbocycles. The Labute approximate surface area is 120 Å². The fraction of sp³-hybridized carbons (Fsp3) is 0.471.